The number of nitrogens with two attached hydrogens (primary N) is 1. The molecule has 1 amide bonds. The number of hydrogen-bond acceptors (Lipinski definition) is 7. The molecule has 8 heteroatoms. The highest BCUT2D eigenvalue weighted by Crippen LogP contribution is 2.74. The molecule has 244 valence electrons. The molecule has 43 heavy (non-hydrogen) atoms. The van der Waals surface area contributed by atoms with Crippen molar-refractivity contribution in [3.8, 4) is 0 Å². The third kappa shape index (κ3) is 5.47. The monoisotopic (exact) mass is 598 g/mol. The van der Waals surface area contributed by atoms with Crippen molar-refractivity contribution < 1.29 is 9.53 Å². The number of ether oxygens (including phenoxy) is 1. The molecule has 8 nitrogen and oxygen atoms in total. The van der Waals surface area contributed by atoms with Crippen LogP contribution in [0.1, 0.15) is 99.8 Å². The zero-order valence-corrected chi connectivity index (χ0v) is 28.5. The van der Waals surface area contributed by atoms with E-state index in [1.165, 1.54) is 90.6 Å². The number of alkyl carbamates (subject to hydrolysis) is 1. The van der Waals surface area contributed by atoms with Gasteiger partial charge in [-0.3, -0.25) is 19.6 Å². The summed E-state index contributed by atoms with van der Waals surface area (Å²) >= 11 is 0. The number of piperazine rings is 2. The van der Waals surface area contributed by atoms with Gasteiger partial charge in [-0.05, 0) is 128 Å². The minimum absolute atomic E-state index is 0.267. The summed E-state index contributed by atoms with van der Waals surface area (Å²) in [6, 6.07) is 4.72. The molecule has 3 N–H and O–H groups in total. The fraction of sp³-hybridized carbons (Fsp3) is 0.971. The maximum atomic E-state index is 11.8. The molecule has 8 bridgehead atoms. The number of fused-ring (bicyclic) bond motifs is 4. The van der Waals surface area contributed by atoms with Crippen LogP contribution in [0.15, 0.2) is 0 Å². The SMILES string of the molecule is CC(C)N1C[C@@H]2C[C@H]1CN2CC12CC(CN)(C1)C2.CC(C)N1C[C@@H]2C[C@H]1CN2CC12CC(CNC(=O)OC(C)(C)C)(C1)C2. The maximum absolute atomic E-state index is 11.8. The van der Waals surface area contributed by atoms with E-state index in [9.17, 15) is 4.79 Å². The van der Waals surface area contributed by atoms with E-state index in [1.807, 2.05) is 20.8 Å². The second kappa shape index (κ2) is 10.3. The lowest BCUT2D eigenvalue weighted by Crippen LogP contribution is -2.69. The summed E-state index contributed by atoms with van der Waals surface area (Å²) in [6.45, 7) is 24.6. The van der Waals surface area contributed by atoms with E-state index < -0.39 is 5.60 Å². The van der Waals surface area contributed by atoms with Gasteiger partial charge in [-0.2, -0.15) is 0 Å². The lowest BCUT2D eigenvalue weighted by molar-refractivity contribution is -0.211. The molecule has 0 aromatic rings. The van der Waals surface area contributed by atoms with Crippen LogP contribution < -0.4 is 11.1 Å². The van der Waals surface area contributed by atoms with Gasteiger partial charge in [0.1, 0.15) is 5.60 Å². The summed E-state index contributed by atoms with van der Waals surface area (Å²) in [4.78, 5) is 22.8. The highest BCUT2D eigenvalue weighted by molar-refractivity contribution is 5.67. The Hall–Kier alpha value is -0.930. The van der Waals surface area contributed by atoms with Gasteiger partial charge in [-0.25, -0.2) is 4.79 Å². The number of amides is 1. The molecular weight excluding hydrogens is 536 g/mol. The highest BCUT2D eigenvalue weighted by Gasteiger charge is 2.69. The van der Waals surface area contributed by atoms with Crippen molar-refractivity contribution in [2.45, 2.75) is 142 Å². The molecule has 4 atom stereocenters. The number of carbonyl (C=O) groups is 1. The average Bonchev–Trinajstić information content (AvgIpc) is 3.60. The molecule has 0 aromatic carbocycles. The summed E-state index contributed by atoms with van der Waals surface area (Å²) in [5.74, 6) is 0. The lowest BCUT2D eigenvalue weighted by Gasteiger charge is -2.72. The first-order valence-electron chi connectivity index (χ1n) is 17.8. The van der Waals surface area contributed by atoms with E-state index in [0.717, 1.165) is 43.3 Å². The van der Waals surface area contributed by atoms with Gasteiger partial charge in [-0.1, -0.05) is 0 Å². The molecule has 10 rings (SSSR count). The number of rotatable bonds is 9. The van der Waals surface area contributed by atoms with Crippen LogP contribution >= 0.6 is 0 Å². The van der Waals surface area contributed by atoms with Gasteiger partial charge in [0.05, 0.1) is 0 Å². The molecule has 6 saturated carbocycles. The van der Waals surface area contributed by atoms with Crippen molar-refractivity contribution in [2.24, 2.45) is 27.4 Å². The van der Waals surface area contributed by atoms with E-state index in [0.29, 0.717) is 27.7 Å². The normalized spacial score (nSPS) is 44.5. The Bertz CT molecular complexity index is 1050. The second-order valence-electron chi connectivity index (χ2n) is 18.6. The first-order valence-corrected chi connectivity index (χ1v) is 17.8. The van der Waals surface area contributed by atoms with Crippen LogP contribution in [-0.4, -0.2) is 120 Å². The van der Waals surface area contributed by atoms with Gasteiger partial charge in [-0.15, -0.1) is 0 Å². The largest absolute Gasteiger partial charge is 0.444 e. The first kappa shape index (κ1) is 30.7. The van der Waals surface area contributed by atoms with E-state index >= 15 is 0 Å². The predicted molar refractivity (Wildman–Crippen MR) is 172 cm³/mol. The van der Waals surface area contributed by atoms with Crippen molar-refractivity contribution in [3.63, 3.8) is 0 Å². The minimum atomic E-state index is -0.413. The van der Waals surface area contributed by atoms with Crippen molar-refractivity contribution in [2.75, 3.05) is 52.4 Å². The molecule has 6 aliphatic carbocycles. The number of hydrogen-bond donors (Lipinski definition) is 2. The summed E-state index contributed by atoms with van der Waals surface area (Å²) in [7, 11) is 0. The van der Waals surface area contributed by atoms with Crippen LogP contribution in [0.25, 0.3) is 0 Å². The van der Waals surface area contributed by atoms with Crippen molar-refractivity contribution in [3.05, 3.63) is 0 Å². The third-order valence-electron chi connectivity index (χ3n) is 13.1. The molecule has 0 spiro atoms. The smallest absolute Gasteiger partial charge is 0.407 e. The number of nitrogens with one attached hydrogen (secondary N) is 1. The summed E-state index contributed by atoms with van der Waals surface area (Å²) in [6.07, 6.45) is 10.7. The van der Waals surface area contributed by atoms with Gasteiger partial charge in [0.15, 0.2) is 0 Å². The fourth-order valence-electron chi connectivity index (χ4n) is 11.8. The highest BCUT2D eigenvalue weighted by atomic mass is 16.6. The molecule has 0 unspecified atom stereocenters. The number of nitrogens with zero attached hydrogens (tertiary/aromatic N) is 4. The Morgan fingerprint density at radius 2 is 1.19 bits per heavy atom. The molecule has 4 heterocycles. The average molecular weight is 599 g/mol. The van der Waals surface area contributed by atoms with Crippen molar-refractivity contribution in [1.82, 2.24) is 24.9 Å². The van der Waals surface area contributed by atoms with Gasteiger partial charge in [0, 0.05) is 82.1 Å². The van der Waals surface area contributed by atoms with Gasteiger partial charge < -0.3 is 15.8 Å². The minimum Gasteiger partial charge on any atom is -0.444 e. The standard InChI is InChI=1S/C20H35N3O2.C15H27N3/c1-14(2)23-8-15-6-16(23)7-22(15)13-20-9-19(10-20,11-20)12-21-17(24)25-18(3,4)5;1-11(2)18-5-12-3-13(18)4-17(12)10-15-6-14(7-15,8-15)9-16/h14-16H,6-13H2,1-5H3,(H,21,24);11-13H,3-10,16H2,1-2H3/t15-,16-,19?,20?;12-,13-,14?,15?/m00/s1. The third-order valence-corrected chi connectivity index (χ3v) is 13.1. The van der Waals surface area contributed by atoms with Crippen LogP contribution in [0, 0.1) is 21.7 Å². The zero-order valence-electron chi connectivity index (χ0n) is 28.5. The van der Waals surface area contributed by atoms with E-state index in [-0.39, 0.29) is 6.09 Å². The van der Waals surface area contributed by atoms with E-state index in [1.54, 1.807) is 0 Å². The Morgan fingerprint density at radius 1 is 0.744 bits per heavy atom. The summed E-state index contributed by atoms with van der Waals surface area (Å²) in [5, 5.41) is 2.99. The summed E-state index contributed by atoms with van der Waals surface area (Å²) in [5.41, 5.74) is 7.69. The number of carbonyl (C=O) groups excluding carboxylic acids is 1. The molecule has 10 fully saturated rings. The molecule has 4 aliphatic heterocycles. The Kier molecular flexibility index (Phi) is 7.35. The van der Waals surface area contributed by atoms with Crippen LogP contribution in [0.3, 0.4) is 0 Å². The fourth-order valence-corrected chi connectivity index (χ4v) is 11.8. The molecule has 0 aromatic heterocycles. The second-order valence-corrected chi connectivity index (χ2v) is 18.6. The zero-order chi connectivity index (χ0) is 30.6. The Labute approximate surface area is 261 Å². The number of likely N-dealkylation sites (tertiary alicyclic amines) is 4. The van der Waals surface area contributed by atoms with Gasteiger partial charge in [0.25, 0.3) is 0 Å². The Morgan fingerprint density at radius 3 is 1.53 bits per heavy atom. The van der Waals surface area contributed by atoms with Crippen LogP contribution in [0.4, 0.5) is 4.79 Å². The van der Waals surface area contributed by atoms with Crippen LogP contribution in [0.2, 0.25) is 0 Å². The molecule has 10 aliphatic rings. The lowest BCUT2D eigenvalue weighted by atomic mass is 9.35. The first-order chi connectivity index (χ1) is 20.1. The molecular formula is C35H62N6O2. The van der Waals surface area contributed by atoms with E-state index in [2.05, 4.69) is 52.6 Å². The Balaban J connectivity index is 0.000000147. The van der Waals surface area contributed by atoms with Crippen LogP contribution in [-0.2, 0) is 4.74 Å². The van der Waals surface area contributed by atoms with E-state index in [4.69, 9.17) is 10.5 Å². The predicted octanol–water partition coefficient (Wildman–Crippen LogP) is 4.13. The summed E-state index contributed by atoms with van der Waals surface area (Å²) < 4.78 is 5.35. The maximum Gasteiger partial charge on any atom is 0.407 e. The van der Waals surface area contributed by atoms with Crippen molar-refractivity contribution >= 4 is 6.09 Å². The topological polar surface area (TPSA) is 77.3 Å². The van der Waals surface area contributed by atoms with Gasteiger partial charge in [0.2, 0.25) is 0 Å². The molecule has 0 radical (unpaired) electrons. The van der Waals surface area contributed by atoms with Crippen LogP contribution in [0.5, 0.6) is 0 Å². The quantitative estimate of drug-likeness (QED) is 0.413. The van der Waals surface area contributed by atoms with Crippen molar-refractivity contribution in [1.29, 1.82) is 0 Å². The van der Waals surface area contributed by atoms with Gasteiger partial charge >= 0.3 is 6.09 Å². The molecule has 4 saturated heterocycles.